The molecule has 1 aromatic carbocycles. The number of carbonyl (C=O) groups excluding carboxylic acids is 1. The Hall–Kier alpha value is -1.33. The zero-order valence-corrected chi connectivity index (χ0v) is 12.7. The topological polar surface area (TPSA) is 66.4 Å². The van der Waals surface area contributed by atoms with Crippen molar-refractivity contribution in [3.05, 3.63) is 28.0 Å². The van der Waals surface area contributed by atoms with Crippen molar-refractivity contribution in [2.24, 2.45) is 17.8 Å². The van der Waals surface area contributed by atoms with Gasteiger partial charge in [-0.1, -0.05) is 30.1 Å². The molecule has 2 N–H and O–H groups in total. The molecule has 4 nitrogen and oxygen atoms in total. The van der Waals surface area contributed by atoms with Crippen LogP contribution in [0.3, 0.4) is 0 Å². The Morgan fingerprint density at radius 3 is 2.29 bits per heavy atom. The van der Waals surface area contributed by atoms with Gasteiger partial charge in [0.05, 0.1) is 21.9 Å². The zero-order chi connectivity index (χ0) is 15.7. The molecule has 114 valence electrons. The molecule has 7 heteroatoms. The Morgan fingerprint density at radius 2 is 1.76 bits per heavy atom. The van der Waals surface area contributed by atoms with E-state index in [0.29, 0.717) is 12.8 Å². The van der Waals surface area contributed by atoms with Crippen LogP contribution in [0.2, 0.25) is 10.0 Å². The molecular formula is C14H14Cl2FNO3. The number of benzene rings is 1. The fourth-order valence-electron chi connectivity index (χ4n) is 2.72. The number of rotatable bonds is 3. The second-order valence-corrected chi connectivity index (χ2v) is 6.19. The minimum absolute atomic E-state index is 0.169. The Kier molecular flexibility index (Phi) is 4.74. The smallest absolute Gasteiger partial charge is 0.307 e. The van der Waals surface area contributed by atoms with Gasteiger partial charge in [-0.3, -0.25) is 9.59 Å². The molecule has 1 amide bonds. The van der Waals surface area contributed by atoms with Crippen LogP contribution in [-0.4, -0.2) is 17.0 Å². The number of nitrogens with one attached hydrogen (secondary N) is 1. The predicted molar refractivity (Wildman–Crippen MR) is 78.1 cm³/mol. The van der Waals surface area contributed by atoms with Gasteiger partial charge in [0, 0.05) is 5.69 Å². The van der Waals surface area contributed by atoms with Gasteiger partial charge in [0.25, 0.3) is 0 Å². The summed E-state index contributed by atoms with van der Waals surface area (Å²) in [7, 11) is 0. The third kappa shape index (κ3) is 3.47. The zero-order valence-electron chi connectivity index (χ0n) is 11.2. The maximum atomic E-state index is 13.3. The van der Waals surface area contributed by atoms with Gasteiger partial charge >= 0.3 is 5.97 Å². The van der Waals surface area contributed by atoms with Gasteiger partial charge in [0.15, 0.2) is 5.82 Å². The van der Waals surface area contributed by atoms with Crippen LogP contribution in [0.15, 0.2) is 12.1 Å². The van der Waals surface area contributed by atoms with Crippen molar-refractivity contribution in [3.8, 4) is 0 Å². The SMILES string of the molecule is CC1CC(C(=O)O)C(C(=O)Nc2cc(Cl)c(F)c(Cl)c2)C1. The fourth-order valence-corrected chi connectivity index (χ4v) is 3.20. The van der Waals surface area contributed by atoms with Crippen LogP contribution >= 0.6 is 23.2 Å². The Labute approximate surface area is 131 Å². The van der Waals surface area contributed by atoms with Crippen molar-refractivity contribution in [1.82, 2.24) is 0 Å². The third-order valence-electron chi connectivity index (χ3n) is 3.70. The number of anilines is 1. The molecule has 2 rings (SSSR count). The van der Waals surface area contributed by atoms with Crippen LogP contribution in [-0.2, 0) is 9.59 Å². The van der Waals surface area contributed by atoms with E-state index in [9.17, 15) is 14.0 Å². The normalized spacial score (nSPS) is 24.9. The Bertz CT molecular complexity index is 571. The van der Waals surface area contributed by atoms with Crippen LogP contribution in [0, 0.1) is 23.6 Å². The first-order valence-electron chi connectivity index (χ1n) is 6.47. The third-order valence-corrected chi connectivity index (χ3v) is 4.25. The molecule has 1 aromatic rings. The molecule has 0 radical (unpaired) electrons. The highest BCUT2D eigenvalue weighted by Gasteiger charge is 2.41. The van der Waals surface area contributed by atoms with E-state index in [4.69, 9.17) is 28.3 Å². The van der Waals surface area contributed by atoms with Crippen molar-refractivity contribution in [2.75, 3.05) is 5.32 Å². The summed E-state index contributed by atoms with van der Waals surface area (Å²) in [6.45, 7) is 1.91. The summed E-state index contributed by atoms with van der Waals surface area (Å²) in [5, 5.41) is 11.3. The second kappa shape index (κ2) is 6.20. The summed E-state index contributed by atoms with van der Waals surface area (Å²) >= 11 is 11.3. The molecule has 0 heterocycles. The molecule has 1 aliphatic carbocycles. The molecular weight excluding hydrogens is 320 g/mol. The van der Waals surface area contributed by atoms with E-state index in [0.717, 1.165) is 0 Å². The highest BCUT2D eigenvalue weighted by atomic mass is 35.5. The number of carbonyl (C=O) groups is 2. The van der Waals surface area contributed by atoms with Crippen molar-refractivity contribution in [3.63, 3.8) is 0 Å². The fraction of sp³-hybridized carbons (Fsp3) is 0.429. The lowest BCUT2D eigenvalue weighted by atomic mass is 9.95. The molecule has 1 saturated carbocycles. The first kappa shape index (κ1) is 16.0. The molecule has 1 fully saturated rings. The largest absolute Gasteiger partial charge is 0.481 e. The molecule has 1 aliphatic rings. The standard InChI is InChI=1S/C14H14Cl2FNO3/c1-6-2-8(9(3-6)14(20)21)13(19)18-7-4-10(15)12(17)11(16)5-7/h4-6,8-9H,2-3H2,1H3,(H,18,19)(H,20,21). The summed E-state index contributed by atoms with van der Waals surface area (Å²) in [5.41, 5.74) is 0.250. The molecule has 0 bridgehead atoms. The molecule has 3 unspecified atom stereocenters. The molecule has 0 spiro atoms. The molecule has 0 saturated heterocycles. The lowest BCUT2D eigenvalue weighted by Gasteiger charge is -2.16. The lowest BCUT2D eigenvalue weighted by molar-refractivity contribution is -0.145. The van der Waals surface area contributed by atoms with E-state index < -0.39 is 29.5 Å². The average molecular weight is 334 g/mol. The van der Waals surface area contributed by atoms with Gasteiger partial charge in [0.1, 0.15) is 0 Å². The first-order chi connectivity index (χ1) is 9.79. The van der Waals surface area contributed by atoms with Gasteiger partial charge in [-0.25, -0.2) is 4.39 Å². The van der Waals surface area contributed by atoms with Gasteiger partial charge in [0.2, 0.25) is 5.91 Å². The molecule has 21 heavy (non-hydrogen) atoms. The minimum atomic E-state index is -0.977. The number of carboxylic acid groups (broad SMARTS) is 1. The van der Waals surface area contributed by atoms with Crippen LogP contribution < -0.4 is 5.32 Å². The number of halogens is 3. The first-order valence-corrected chi connectivity index (χ1v) is 7.23. The number of hydrogen-bond donors (Lipinski definition) is 2. The van der Waals surface area contributed by atoms with Gasteiger partial charge < -0.3 is 10.4 Å². The second-order valence-electron chi connectivity index (χ2n) is 5.37. The molecule has 0 aliphatic heterocycles. The highest BCUT2D eigenvalue weighted by molar-refractivity contribution is 6.35. The quantitative estimate of drug-likeness (QED) is 0.826. The Balaban J connectivity index is 2.16. The number of amides is 1. The van der Waals surface area contributed by atoms with E-state index >= 15 is 0 Å². The average Bonchev–Trinajstić information content (AvgIpc) is 2.78. The monoisotopic (exact) mass is 333 g/mol. The van der Waals surface area contributed by atoms with Crippen molar-refractivity contribution in [2.45, 2.75) is 19.8 Å². The van der Waals surface area contributed by atoms with E-state index in [2.05, 4.69) is 5.32 Å². The molecule has 0 aromatic heterocycles. The summed E-state index contributed by atoms with van der Waals surface area (Å²) in [6.07, 6.45) is 0.976. The Morgan fingerprint density at radius 1 is 1.24 bits per heavy atom. The molecule has 3 atom stereocenters. The van der Waals surface area contributed by atoms with Crippen LogP contribution in [0.1, 0.15) is 19.8 Å². The van der Waals surface area contributed by atoms with Crippen molar-refractivity contribution < 1.29 is 19.1 Å². The van der Waals surface area contributed by atoms with E-state index in [-0.39, 0.29) is 21.7 Å². The predicted octanol–water partition coefficient (Wildman–Crippen LogP) is 3.82. The van der Waals surface area contributed by atoms with Crippen LogP contribution in [0.25, 0.3) is 0 Å². The van der Waals surface area contributed by atoms with Crippen LogP contribution in [0.4, 0.5) is 10.1 Å². The number of carboxylic acids is 1. The minimum Gasteiger partial charge on any atom is -0.481 e. The summed E-state index contributed by atoms with van der Waals surface area (Å²) < 4.78 is 13.3. The summed E-state index contributed by atoms with van der Waals surface area (Å²) in [6, 6.07) is 2.49. The lowest BCUT2D eigenvalue weighted by Crippen LogP contribution is -2.30. The van der Waals surface area contributed by atoms with Gasteiger partial charge in [-0.2, -0.15) is 0 Å². The number of aliphatic carboxylic acids is 1. The van der Waals surface area contributed by atoms with Crippen molar-refractivity contribution in [1.29, 1.82) is 0 Å². The maximum absolute atomic E-state index is 13.3. The summed E-state index contributed by atoms with van der Waals surface area (Å²) in [5.74, 6) is -3.29. The van der Waals surface area contributed by atoms with Gasteiger partial charge in [-0.15, -0.1) is 0 Å². The summed E-state index contributed by atoms with van der Waals surface area (Å²) in [4.78, 5) is 23.4. The van der Waals surface area contributed by atoms with E-state index in [1.807, 2.05) is 6.92 Å². The van der Waals surface area contributed by atoms with Crippen LogP contribution in [0.5, 0.6) is 0 Å². The van der Waals surface area contributed by atoms with Crippen molar-refractivity contribution >= 4 is 40.8 Å². The maximum Gasteiger partial charge on any atom is 0.307 e. The highest BCUT2D eigenvalue weighted by Crippen LogP contribution is 2.37. The van der Waals surface area contributed by atoms with E-state index in [1.165, 1.54) is 12.1 Å². The van der Waals surface area contributed by atoms with Gasteiger partial charge in [-0.05, 0) is 30.9 Å². The number of hydrogen-bond acceptors (Lipinski definition) is 2. The van der Waals surface area contributed by atoms with E-state index in [1.54, 1.807) is 0 Å².